The molecule has 138 valence electrons. The van der Waals surface area contributed by atoms with Crippen LogP contribution in [0, 0.1) is 6.92 Å². The highest BCUT2D eigenvalue weighted by atomic mass is 32.2. The van der Waals surface area contributed by atoms with Crippen molar-refractivity contribution in [1.29, 1.82) is 0 Å². The van der Waals surface area contributed by atoms with Crippen LogP contribution in [0.15, 0.2) is 47.4 Å². The highest BCUT2D eigenvalue weighted by molar-refractivity contribution is 7.99. The van der Waals surface area contributed by atoms with Crippen molar-refractivity contribution in [3.63, 3.8) is 0 Å². The molecule has 0 spiro atoms. The molecule has 0 unspecified atom stereocenters. The van der Waals surface area contributed by atoms with E-state index in [0.717, 1.165) is 34.6 Å². The van der Waals surface area contributed by atoms with Crippen molar-refractivity contribution in [3.8, 4) is 5.75 Å². The number of aromatic nitrogens is 2. The molecule has 0 fully saturated rings. The summed E-state index contributed by atoms with van der Waals surface area (Å²) in [4.78, 5) is 5.77. The third kappa shape index (κ3) is 4.52. The van der Waals surface area contributed by atoms with Gasteiger partial charge in [-0.05, 0) is 55.0 Å². The van der Waals surface area contributed by atoms with E-state index in [9.17, 15) is 13.2 Å². The fraction of sp³-hybridized carbons (Fsp3) is 0.316. The molecule has 0 amide bonds. The van der Waals surface area contributed by atoms with E-state index in [2.05, 4.69) is 33.3 Å². The van der Waals surface area contributed by atoms with Gasteiger partial charge >= 0.3 is 6.36 Å². The van der Waals surface area contributed by atoms with Crippen molar-refractivity contribution < 1.29 is 17.9 Å². The zero-order chi connectivity index (χ0) is 18.7. The maximum atomic E-state index is 12.3. The Bertz CT molecular complexity index is 888. The molecule has 3 aromatic rings. The Kier molecular flexibility index (Phi) is 5.46. The Morgan fingerprint density at radius 3 is 2.50 bits per heavy atom. The average molecular weight is 380 g/mol. The number of hydrogen-bond donors (Lipinski definition) is 0. The maximum Gasteiger partial charge on any atom is 0.573 e. The summed E-state index contributed by atoms with van der Waals surface area (Å²) in [7, 11) is 0. The van der Waals surface area contributed by atoms with Gasteiger partial charge in [0.1, 0.15) is 11.6 Å². The summed E-state index contributed by atoms with van der Waals surface area (Å²) < 4.78 is 42.8. The Labute approximate surface area is 154 Å². The average Bonchev–Trinajstić information content (AvgIpc) is 2.88. The van der Waals surface area contributed by atoms with Crippen molar-refractivity contribution in [3.05, 3.63) is 53.9 Å². The molecule has 0 aliphatic carbocycles. The molecule has 3 nitrogen and oxygen atoms in total. The minimum absolute atomic E-state index is 0.216. The van der Waals surface area contributed by atoms with Crippen LogP contribution in [0.3, 0.4) is 0 Å². The molecule has 0 radical (unpaired) electrons. The van der Waals surface area contributed by atoms with E-state index in [1.165, 1.54) is 17.0 Å². The number of imidazole rings is 1. The quantitative estimate of drug-likeness (QED) is 0.506. The zero-order valence-corrected chi connectivity index (χ0v) is 15.3. The van der Waals surface area contributed by atoms with E-state index in [4.69, 9.17) is 0 Å². The molecule has 1 aromatic heterocycles. The fourth-order valence-corrected chi connectivity index (χ4v) is 3.51. The van der Waals surface area contributed by atoms with Gasteiger partial charge in [-0.3, -0.25) is 0 Å². The van der Waals surface area contributed by atoms with Gasteiger partial charge in [-0.1, -0.05) is 19.1 Å². The van der Waals surface area contributed by atoms with Crippen LogP contribution >= 0.6 is 11.8 Å². The van der Waals surface area contributed by atoms with Crippen LogP contribution in [-0.4, -0.2) is 21.7 Å². The van der Waals surface area contributed by atoms with E-state index in [-0.39, 0.29) is 5.75 Å². The first-order valence-electron chi connectivity index (χ1n) is 8.30. The van der Waals surface area contributed by atoms with Gasteiger partial charge in [0, 0.05) is 11.4 Å². The molecule has 0 aliphatic rings. The lowest BCUT2D eigenvalue weighted by atomic mass is 10.2. The van der Waals surface area contributed by atoms with Crippen LogP contribution in [0.25, 0.3) is 11.0 Å². The van der Waals surface area contributed by atoms with Crippen LogP contribution in [0.1, 0.15) is 24.7 Å². The van der Waals surface area contributed by atoms with E-state index < -0.39 is 6.36 Å². The molecular weight excluding hydrogens is 361 g/mol. The fourth-order valence-electron chi connectivity index (χ4n) is 2.71. The third-order valence-electron chi connectivity index (χ3n) is 3.88. The molecular formula is C19H19F3N2OS. The predicted octanol–water partition coefficient (Wildman–Crippen LogP) is 5.79. The normalized spacial score (nSPS) is 11.9. The smallest absolute Gasteiger partial charge is 0.406 e. The third-order valence-corrected chi connectivity index (χ3v) is 5.08. The molecule has 7 heteroatoms. The van der Waals surface area contributed by atoms with E-state index in [1.807, 2.05) is 13.0 Å². The Hall–Kier alpha value is -2.15. The van der Waals surface area contributed by atoms with Gasteiger partial charge in [0.05, 0.1) is 11.0 Å². The largest absolute Gasteiger partial charge is 0.573 e. The Morgan fingerprint density at radius 1 is 1.12 bits per heavy atom. The molecule has 0 atom stereocenters. The van der Waals surface area contributed by atoms with Crippen molar-refractivity contribution >= 4 is 22.8 Å². The van der Waals surface area contributed by atoms with Crippen molar-refractivity contribution in [2.75, 3.05) is 5.75 Å². The molecule has 0 bridgehead atoms. The number of nitrogens with zero attached hydrogens (tertiary/aromatic N) is 2. The molecule has 0 N–H and O–H groups in total. The van der Waals surface area contributed by atoms with Gasteiger partial charge in [0.15, 0.2) is 0 Å². The van der Waals surface area contributed by atoms with E-state index >= 15 is 0 Å². The molecule has 0 aliphatic heterocycles. The van der Waals surface area contributed by atoms with Gasteiger partial charge in [0.2, 0.25) is 0 Å². The lowest BCUT2D eigenvalue weighted by molar-refractivity contribution is -0.274. The van der Waals surface area contributed by atoms with Crippen LogP contribution < -0.4 is 4.74 Å². The minimum Gasteiger partial charge on any atom is -0.406 e. The van der Waals surface area contributed by atoms with E-state index in [0.29, 0.717) is 6.54 Å². The number of hydrogen-bond acceptors (Lipinski definition) is 3. The topological polar surface area (TPSA) is 27.1 Å². The maximum absolute atomic E-state index is 12.3. The first kappa shape index (κ1) is 18.6. The predicted molar refractivity (Wildman–Crippen MR) is 97.7 cm³/mol. The first-order valence-corrected chi connectivity index (χ1v) is 9.28. The SMILES string of the molecule is CCCSc1ccc2nc(C)n(Cc3ccc(OC(F)(F)F)cc3)c2c1. The Morgan fingerprint density at radius 2 is 1.85 bits per heavy atom. The van der Waals surface area contributed by atoms with Crippen LogP contribution in [0.5, 0.6) is 5.75 Å². The lowest BCUT2D eigenvalue weighted by Crippen LogP contribution is -2.17. The number of fused-ring (bicyclic) bond motifs is 1. The summed E-state index contributed by atoms with van der Waals surface area (Å²) in [6, 6.07) is 12.2. The summed E-state index contributed by atoms with van der Waals surface area (Å²) >= 11 is 1.80. The van der Waals surface area contributed by atoms with Gasteiger partial charge in [-0.15, -0.1) is 24.9 Å². The lowest BCUT2D eigenvalue weighted by Gasteiger charge is -2.11. The molecule has 2 aromatic carbocycles. The summed E-state index contributed by atoms with van der Waals surface area (Å²) in [6.45, 7) is 4.61. The highest BCUT2D eigenvalue weighted by Crippen LogP contribution is 2.27. The summed E-state index contributed by atoms with van der Waals surface area (Å²) in [5.41, 5.74) is 2.83. The second-order valence-corrected chi connectivity index (χ2v) is 7.10. The molecule has 0 saturated carbocycles. The van der Waals surface area contributed by atoms with Crippen molar-refractivity contribution in [2.24, 2.45) is 0 Å². The number of thioether (sulfide) groups is 1. The van der Waals surface area contributed by atoms with Crippen LogP contribution in [0.4, 0.5) is 13.2 Å². The monoisotopic (exact) mass is 380 g/mol. The van der Waals surface area contributed by atoms with Gasteiger partial charge < -0.3 is 9.30 Å². The molecule has 26 heavy (non-hydrogen) atoms. The number of benzene rings is 2. The highest BCUT2D eigenvalue weighted by Gasteiger charge is 2.30. The second-order valence-electron chi connectivity index (χ2n) is 5.94. The number of rotatable bonds is 6. The van der Waals surface area contributed by atoms with E-state index in [1.54, 1.807) is 23.9 Å². The van der Waals surface area contributed by atoms with Crippen LogP contribution in [-0.2, 0) is 6.54 Å². The standard InChI is InChI=1S/C19H19F3N2OS/c1-3-10-26-16-8-9-17-18(11-16)24(13(2)23-17)12-14-4-6-15(7-5-14)25-19(20,21)22/h4-9,11H,3,10,12H2,1-2H3. The van der Waals surface area contributed by atoms with Gasteiger partial charge in [-0.25, -0.2) is 4.98 Å². The minimum atomic E-state index is -4.68. The van der Waals surface area contributed by atoms with Gasteiger partial charge in [-0.2, -0.15) is 0 Å². The summed E-state index contributed by atoms with van der Waals surface area (Å²) in [5, 5.41) is 0. The first-order chi connectivity index (χ1) is 12.4. The Balaban J connectivity index is 1.84. The molecule has 1 heterocycles. The second kappa shape index (κ2) is 7.61. The summed E-state index contributed by atoms with van der Waals surface area (Å²) in [5.74, 6) is 1.71. The number of alkyl halides is 3. The molecule has 3 rings (SSSR count). The summed E-state index contributed by atoms with van der Waals surface area (Å²) in [6.07, 6.45) is -3.57. The van der Waals surface area contributed by atoms with Gasteiger partial charge in [0.25, 0.3) is 0 Å². The number of ether oxygens (including phenoxy) is 1. The molecule has 0 saturated heterocycles. The number of aryl methyl sites for hydroxylation is 1. The van der Waals surface area contributed by atoms with Crippen molar-refractivity contribution in [2.45, 2.75) is 38.1 Å². The van der Waals surface area contributed by atoms with Crippen molar-refractivity contribution in [1.82, 2.24) is 9.55 Å². The zero-order valence-electron chi connectivity index (χ0n) is 14.5. The van der Waals surface area contributed by atoms with Crippen LogP contribution in [0.2, 0.25) is 0 Å². The number of halogens is 3.